The molecule has 0 radical (unpaired) electrons. The summed E-state index contributed by atoms with van der Waals surface area (Å²) in [5.41, 5.74) is 0. The highest BCUT2D eigenvalue weighted by Gasteiger charge is 2.29. The molecule has 1 N–H and O–H groups in total. The molecule has 0 aromatic carbocycles. The molecular formula is C8H13F3N4. The summed E-state index contributed by atoms with van der Waals surface area (Å²) in [5.74, 6) is 0. The van der Waals surface area contributed by atoms with Crippen LogP contribution < -0.4 is 5.32 Å². The Bertz CT molecular complexity index is 270. The monoisotopic (exact) mass is 222 g/mol. The van der Waals surface area contributed by atoms with E-state index in [1.807, 2.05) is 0 Å². The van der Waals surface area contributed by atoms with E-state index in [0.717, 1.165) is 0 Å². The maximum Gasteiger partial charge on any atom is 0.390 e. The standard InChI is InChI=1S/C8H13F3N4/c1-7(4-8(9,10)11)13-2-3-15-6-12-5-14-15/h5-7,13H,2-4H2,1H3. The summed E-state index contributed by atoms with van der Waals surface area (Å²) in [6.07, 6.45) is -2.01. The van der Waals surface area contributed by atoms with Crippen LogP contribution in [0.3, 0.4) is 0 Å². The highest BCUT2D eigenvalue weighted by atomic mass is 19.4. The Kier molecular flexibility index (Phi) is 4.07. The molecule has 0 bridgehead atoms. The Hall–Kier alpha value is -1.11. The number of nitrogens with zero attached hydrogens (tertiary/aromatic N) is 3. The quantitative estimate of drug-likeness (QED) is 0.814. The van der Waals surface area contributed by atoms with E-state index in [1.165, 1.54) is 19.6 Å². The van der Waals surface area contributed by atoms with E-state index < -0.39 is 18.6 Å². The average molecular weight is 222 g/mol. The highest BCUT2D eigenvalue weighted by molar-refractivity contribution is 4.66. The first kappa shape index (κ1) is 12.0. The van der Waals surface area contributed by atoms with Crippen LogP contribution in [0.4, 0.5) is 13.2 Å². The van der Waals surface area contributed by atoms with Crippen LogP contribution in [0.5, 0.6) is 0 Å². The molecule has 15 heavy (non-hydrogen) atoms. The Morgan fingerprint density at radius 1 is 1.47 bits per heavy atom. The van der Waals surface area contributed by atoms with Crippen LogP contribution in [0.15, 0.2) is 12.7 Å². The maximum absolute atomic E-state index is 11.9. The van der Waals surface area contributed by atoms with Gasteiger partial charge in [0.2, 0.25) is 0 Å². The molecule has 86 valence electrons. The third-order valence-electron chi connectivity index (χ3n) is 1.84. The number of nitrogens with one attached hydrogen (secondary N) is 1. The molecule has 7 heteroatoms. The normalized spacial score (nSPS) is 14.1. The van der Waals surface area contributed by atoms with E-state index in [4.69, 9.17) is 0 Å². The van der Waals surface area contributed by atoms with Crippen molar-refractivity contribution in [3.8, 4) is 0 Å². The van der Waals surface area contributed by atoms with E-state index in [-0.39, 0.29) is 0 Å². The molecule has 0 saturated heterocycles. The summed E-state index contributed by atoms with van der Waals surface area (Å²) in [4.78, 5) is 3.72. The van der Waals surface area contributed by atoms with E-state index in [2.05, 4.69) is 15.4 Å². The van der Waals surface area contributed by atoms with Crippen LogP contribution in [0.25, 0.3) is 0 Å². The van der Waals surface area contributed by atoms with Gasteiger partial charge in [-0.3, -0.25) is 4.68 Å². The molecule has 1 rings (SSSR count). The maximum atomic E-state index is 11.9. The lowest BCUT2D eigenvalue weighted by atomic mass is 10.2. The summed E-state index contributed by atoms with van der Waals surface area (Å²) < 4.78 is 37.4. The lowest BCUT2D eigenvalue weighted by molar-refractivity contribution is -0.139. The van der Waals surface area contributed by atoms with Crippen molar-refractivity contribution in [1.29, 1.82) is 0 Å². The van der Waals surface area contributed by atoms with Crippen LogP contribution in [-0.2, 0) is 6.54 Å². The van der Waals surface area contributed by atoms with Gasteiger partial charge in [-0.25, -0.2) is 4.98 Å². The van der Waals surface area contributed by atoms with Crippen molar-refractivity contribution in [2.75, 3.05) is 6.54 Å². The van der Waals surface area contributed by atoms with Gasteiger partial charge in [-0.15, -0.1) is 0 Å². The third-order valence-corrected chi connectivity index (χ3v) is 1.84. The molecule has 0 aliphatic rings. The molecule has 0 saturated carbocycles. The number of rotatable bonds is 5. The van der Waals surface area contributed by atoms with Crippen molar-refractivity contribution in [2.24, 2.45) is 0 Å². The minimum atomic E-state index is -4.11. The lowest BCUT2D eigenvalue weighted by Crippen LogP contribution is -2.33. The van der Waals surface area contributed by atoms with Gasteiger partial charge in [0.25, 0.3) is 0 Å². The van der Waals surface area contributed by atoms with Crippen LogP contribution in [0.2, 0.25) is 0 Å². The molecule has 0 fully saturated rings. The molecule has 1 unspecified atom stereocenters. The summed E-state index contributed by atoms with van der Waals surface area (Å²) in [6, 6.07) is -0.575. The number of hydrogen-bond donors (Lipinski definition) is 1. The van der Waals surface area contributed by atoms with Crippen molar-refractivity contribution in [3.05, 3.63) is 12.7 Å². The van der Waals surface area contributed by atoms with Crippen molar-refractivity contribution >= 4 is 0 Å². The topological polar surface area (TPSA) is 42.7 Å². The van der Waals surface area contributed by atoms with Gasteiger partial charge in [-0.1, -0.05) is 0 Å². The number of alkyl halides is 3. The largest absolute Gasteiger partial charge is 0.390 e. The summed E-state index contributed by atoms with van der Waals surface area (Å²) in [6.45, 7) is 2.47. The van der Waals surface area contributed by atoms with Gasteiger partial charge in [-0.2, -0.15) is 18.3 Å². The first-order valence-electron chi connectivity index (χ1n) is 4.60. The Morgan fingerprint density at radius 3 is 2.73 bits per heavy atom. The number of hydrogen-bond acceptors (Lipinski definition) is 3. The molecule has 0 aliphatic carbocycles. The molecule has 1 aromatic rings. The summed E-state index contributed by atoms with van der Waals surface area (Å²) in [5, 5.41) is 6.60. The second-order valence-electron chi connectivity index (χ2n) is 3.33. The second kappa shape index (κ2) is 5.11. The predicted octanol–water partition coefficient (Wildman–Crippen LogP) is 1.21. The SMILES string of the molecule is CC(CC(F)(F)F)NCCn1cncn1. The molecule has 0 amide bonds. The Morgan fingerprint density at radius 2 is 2.20 bits per heavy atom. The van der Waals surface area contributed by atoms with E-state index in [0.29, 0.717) is 13.1 Å². The fourth-order valence-corrected chi connectivity index (χ4v) is 1.19. The number of aromatic nitrogens is 3. The molecule has 0 spiro atoms. The van der Waals surface area contributed by atoms with Gasteiger partial charge in [0.05, 0.1) is 13.0 Å². The zero-order valence-corrected chi connectivity index (χ0v) is 8.33. The summed E-state index contributed by atoms with van der Waals surface area (Å²) >= 11 is 0. The highest BCUT2D eigenvalue weighted by Crippen LogP contribution is 2.21. The smallest absolute Gasteiger partial charge is 0.312 e. The van der Waals surface area contributed by atoms with Gasteiger partial charge in [0.15, 0.2) is 0 Å². The van der Waals surface area contributed by atoms with Crippen LogP contribution in [-0.4, -0.2) is 33.5 Å². The molecule has 0 aliphatic heterocycles. The molecule has 1 aromatic heterocycles. The zero-order valence-electron chi connectivity index (χ0n) is 8.33. The number of halogens is 3. The Balaban J connectivity index is 2.15. The van der Waals surface area contributed by atoms with E-state index in [9.17, 15) is 13.2 Å². The van der Waals surface area contributed by atoms with Crippen LogP contribution in [0.1, 0.15) is 13.3 Å². The molecular weight excluding hydrogens is 209 g/mol. The third kappa shape index (κ3) is 5.36. The fourth-order valence-electron chi connectivity index (χ4n) is 1.19. The van der Waals surface area contributed by atoms with Crippen molar-refractivity contribution in [2.45, 2.75) is 32.1 Å². The summed E-state index contributed by atoms with van der Waals surface area (Å²) in [7, 11) is 0. The van der Waals surface area contributed by atoms with Crippen molar-refractivity contribution < 1.29 is 13.2 Å². The molecule has 1 heterocycles. The Labute approximate surface area is 85.5 Å². The fraction of sp³-hybridized carbons (Fsp3) is 0.750. The van der Waals surface area contributed by atoms with E-state index in [1.54, 1.807) is 4.68 Å². The second-order valence-corrected chi connectivity index (χ2v) is 3.33. The van der Waals surface area contributed by atoms with Crippen LogP contribution >= 0.6 is 0 Å². The molecule has 4 nitrogen and oxygen atoms in total. The first-order chi connectivity index (χ1) is 6.97. The van der Waals surface area contributed by atoms with Gasteiger partial charge in [0, 0.05) is 12.6 Å². The van der Waals surface area contributed by atoms with Crippen molar-refractivity contribution in [3.63, 3.8) is 0 Å². The van der Waals surface area contributed by atoms with E-state index >= 15 is 0 Å². The first-order valence-corrected chi connectivity index (χ1v) is 4.60. The van der Waals surface area contributed by atoms with Crippen molar-refractivity contribution in [1.82, 2.24) is 20.1 Å². The van der Waals surface area contributed by atoms with Gasteiger partial charge >= 0.3 is 6.18 Å². The van der Waals surface area contributed by atoms with Gasteiger partial charge in [-0.05, 0) is 6.92 Å². The van der Waals surface area contributed by atoms with Crippen LogP contribution in [0, 0.1) is 0 Å². The zero-order chi connectivity index (χ0) is 11.3. The van der Waals surface area contributed by atoms with Gasteiger partial charge < -0.3 is 5.32 Å². The average Bonchev–Trinajstić information content (AvgIpc) is 2.53. The molecule has 1 atom stereocenters. The minimum absolute atomic E-state index is 0.445. The minimum Gasteiger partial charge on any atom is -0.312 e. The lowest BCUT2D eigenvalue weighted by Gasteiger charge is -2.15. The predicted molar refractivity (Wildman–Crippen MR) is 48.2 cm³/mol. The van der Waals surface area contributed by atoms with Gasteiger partial charge in [0.1, 0.15) is 12.7 Å².